The van der Waals surface area contributed by atoms with E-state index in [1.54, 1.807) is 13.0 Å². The fourth-order valence-corrected chi connectivity index (χ4v) is 1.95. The van der Waals surface area contributed by atoms with E-state index in [0.29, 0.717) is 11.4 Å². The highest BCUT2D eigenvalue weighted by Crippen LogP contribution is 2.34. The molecule has 1 aromatic rings. The van der Waals surface area contributed by atoms with Crippen LogP contribution in [0.25, 0.3) is 0 Å². The van der Waals surface area contributed by atoms with Crippen LogP contribution in [-0.4, -0.2) is 24.5 Å². The SMILES string of the molecule is Cc1ccc2c(c1)N(CCC(=O)[O-])C(=O)[C@H](C)O2. The topological polar surface area (TPSA) is 69.7 Å². The Hall–Kier alpha value is -2.04. The number of carboxylic acid groups (broad SMARTS) is 1. The molecule has 1 atom stereocenters. The van der Waals surface area contributed by atoms with Gasteiger partial charge in [0, 0.05) is 18.9 Å². The van der Waals surface area contributed by atoms with Crippen LogP contribution in [0.5, 0.6) is 5.75 Å². The normalized spacial score (nSPS) is 18.2. The summed E-state index contributed by atoms with van der Waals surface area (Å²) >= 11 is 0. The summed E-state index contributed by atoms with van der Waals surface area (Å²) in [7, 11) is 0. The zero-order valence-electron chi connectivity index (χ0n) is 10.3. The molecule has 0 aliphatic carbocycles. The highest BCUT2D eigenvalue weighted by Gasteiger charge is 2.31. The monoisotopic (exact) mass is 248 g/mol. The summed E-state index contributed by atoms with van der Waals surface area (Å²) in [4.78, 5) is 24.0. The van der Waals surface area contributed by atoms with Gasteiger partial charge in [-0.2, -0.15) is 0 Å². The molecule has 0 unspecified atom stereocenters. The van der Waals surface area contributed by atoms with Crippen molar-refractivity contribution in [3.05, 3.63) is 23.8 Å². The molecule has 2 rings (SSSR count). The quantitative estimate of drug-likeness (QED) is 0.768. The lowest BCUT2D eigenvalue weighted by molar-refractivity contribution is -0.305. The first-order valence-corrected chi connectivity index (χ1v) is 5.77. The minimum Gasteiger partial charge on any atom is -0.550 e. The molecule has 96 valence electrons. The number of carbonyl (C=O) groups excluding carboxylic acids is 2. The van der Waals surface area contributed by atoms with Crippen molar-refractivity contribution in [2.45, 2.75) is 26.4 Å². The average molecular weight is 248 g/mol. The Morgan fingerprint density at radius 1 is 1.50 bits per heavy atom. The second kappa shape index (κ2) is 4.68. The van der Waals surface area contributed by atoms with Crippen LogP contribution in [-0.2, 0) is 9.59 Å². The Bertz CT molecular complexity index is 498. The van der Waals surface area contributed by atoms with Gasteiger partial charge in [0.25, 0.3) is 5.91 Å². The third-order valence-electron chi connectivity index (χ3n) is 2.86. The standard InChI is InChI=1S/C13H15NO4/c1-8-3-4-11-10(7-8)14(6-5-12(15)16)13(17)9(2)18-11/h3-4,7,9H,5-6H2,1-2H3,(H,15,16)/p-1/t9-/m0/s1. The summed E-state index contributed by atoms with van der Waals surface area (Å²) in [5, 5.41) is 10.5. The van der Waals surface area contributed by atoms with Gasteiger partial charge in [0.2, 0.25) is 0 Å². The number of aryl methyl sites for hydroxylation is 1. The second-order valence-corrected chi connectivity index (χ2v) is 4.34. The van der Waals surface area contributed by atoms with Gasteiger partial charge in [0.05, 0.1) is 5.69 Å². The van der Waals surface area contributed by atoms with Crippen LogP contribution in [0.2, 0.25) is 0 Å². The van der Waals surface area contributed by atoms with Crippen molar-refractivity contribution in [2.24, 2.45) is 0 Å². The lowest BCUT2D eigenvalue weighted by Crippen LogP contribution is -2.46. The molecule has 1 aliphatic rings. The van der Waals surface area contributed by atoms with Crippen molar-refractivity contribution in [1.29, 1.82) is 0 Å². The number of amides is 1. The van der Waals surface area contributed by atoms with Crippen LogP contribution < -0.4 is 14.7 Å². The maximum Gasteiger partial charge on any atom is 0.267 e. The number of benzene rings is 1. The predicted molar refractivity (Wildman–Crippen MR) is 63.2 cm³/mol. The number of fused-ring (bicyclic) bond motifs is 1. The van der Waals surface area contributed by atoms with E-state index >= 15 is 0 Å². The van der Waals surface area contributed by atoms with Gasteiger partial charge in [-0.1, -0.05) is 6.07 Å². The van der Waals surface area contributed by atoms with Gasteiger partial charge in [-0.3, -0.25) is 4.79 Å². The van der Waals surface area contributed by atoms with Crippen LogP contribution >= 0.6 is 0 Å². The molecule has 0 saturated heterocycles. The fourth-order valence-electron chi connectivity index (χ4n) is 1.95. The van der Waals surface area contributed by atoms with E-state index < -0.39 is 12.1 Å². The van der Waals surface area contributed by atoms with E-state index in [1.165, 1.54) is 4.90 Å². The Kier molecular flexibility index (Phi) is 3.23. The summed E-state index contributed by atoms with van der Waals surface area (Å²) < 4.78 is 5.48. The van der Waals surface area contributed by atoms with E-state index in [1.807, 2.05) is 19.1 Å². The first-order valence-electron chi connectivity index (χ1n) is 5.77. The fraction of sp³-hybridized carbons (Fsp3) is 0.385. The summed E-state index contributed by atoms with van der Waals surface area (Å²) in [6.45, 7) is 3.65. The van der Waals surface area contributed by atoms with Crippen molar-refractivity contribution in [2.75, 3.05) is 11.4 Å². The summed E-state index contributed by atoms with van der Waals surface area (Å²) in [6.07, 6.45) is -0.784. The number of ether oxygens (including phenoxy) is 1. The highest BCUT2D eigenvalue weighted by molar-refractivity contribution is 6.00. The maximum atomic E-state index is 12.0. The second-order valence-electron chi connectivity index (χ2n) is 4.34. The molecule has 0 spiro atoms. The van der Waals surface area contributed by atoms with E-state index in [9.17, 15) is 14.7 Å². The number of anilines is 1. The van der Waals surface area contributed by atoms with Gasteiger partial charge in [-0.05, 0) is 31.5 Å². The Morgan fingerprint density at radius 3 is 2.89 bits per heavy atom. The highest BCUT2D eigenvalue weighted by atomic mass is 16.5. The molecule has 0 aromatic heterocycles. The first-order chi connectivity index (χ1) is 8.49. The molecule has 0 bridgehead atoms. The molecule has 0 fully saturated rings. The smallest absolute Gasteiger partial charge is 0.267 e. The van der Waals surface area contributed by atoms with Gasteiger partial charge >= 0.3 is 0 Å². The van der Waals surface area contributed by atoms with Crippen LogP contribution in [0, 0.1) is 6.92 Å². The number of hydrogen-bond donors (Lipinski definition) is 0. The molecule has 1 aliphatic heterocycles. The van der Waals surface area contributed by atoms with Gasteiger partial charge in [-0.25, -0.2) is 0 Å². The number of hydrogen-bond acceptors (Lipinski definition) is 4. The van der Waals surface area contributed by atoms with Crippen LogP contribution in [0.1, 0.15) is 18.9 Å². The van der Waals surface area contributed by atoms with Crippen LogP contribution in [0.4, 0.5) is 5.69 Å². The van der Waals surface area contributed by atoms with E-state index in [-0.39, 0.29) is 18.9 Å². The number of aliphatic carboxylic acids is 1. The first kappa shape index (κ1) is 12.4. The maximum absolute atomic E-state index is 12.0. The predicted octanol–water partition coefficient (Wildman–Crippen LogP) is 0.249. The molecule has 0 saturated carbocycles. The third kappa shape index (κ3) is 2.30. The molecule has 5 heteroatoms. The molecule has 1 aromatic carbocycles. The zero-order chi connectivity index (χ0) is 13.3. The summed E-state index contributed by atoms with van der Waals surface area (Å²) in [5.41, 5.74) is 1.61. The molecule has 1 amide bonds. The molecule has 1 heterocycles. The summed E-state index contributed by atoms with van der Waals surface area (Å²) in [6, 6.07) is 5.49. The Balaban J connectivity index is 2.34. The van der Waals surface area contributed by atoms with Crippen molar-refractivity contribution in [3.63, 3.8) is 0 Å². The molecular formula is C13H14NO4-. The van der Waals surface area contributed by atoms with Crippen molar-refractivity contribution < 1.29 is 19.4 Å². The van der Waals surface area contributed by atoms with Gasteiger partial charge < -0.3 is 19.5 Å². The number of carbonyl (C=O) groups is 2. The molecule has 5 nitrogen and oxygen atoms in total. The Morgan fingerprint density at radius 2 is 2.22 bits per heavy atom. The molecular weight excluding hydrogens is 234 g/mol. The van der Waals surface area contributed by atoms with Gasteiger partial charge in [0.1, 0.15) is 5.75 Å². The molecule has 0 N–H and O–H groups in total. The van der Waals surface area contributed by atoms with Crippen molar-refractivity contribution in [1.82, 2.24) is 0 Å². The van der Waals surface area contributed by atoms with Crippen LogP contribution in [0.15, 0.2) is 18.2 Å². The van der Waals surface area contributed by atoms with Gasteiger partial charge in [0.15, 0.2) is 6.10 Å². The van der Waals surface area contributed by atoms with Crippen molar-refractivity contribution in [3.8, 4) is 5.75 Å². The van der Waals surface area contributed by atoms with E-state index in [0.717, 1.165) is 5.56 Å². The Labute approximate surface area is 105 Å². The summed E-state index contributed by atoms with van der Waals surface area (Å²) in [5.74, 6) is -0.795. The largest absolute Gasteiger partial charge is 0.550 e. The minimum atomic E-state index is -1.17. The van der Waals surface area contributed by atoms with Gasteiger partial charge in [-0.15, -0.1) is 0 Å². The zero-order valence-corrected chi connectivity index (χ0v) is 10.3. The van der Waals surface area contributed by atoms with Crippen LogP contribution in [0.3, 0.4) is 0 Å². The van der Waals surface area contributed by atoms with E-state index in [2.05, 4.69) is 0 Å². The lowest BCUT2D eigenvalue weighted by Gasteiger charge is -2.33. The average Bonchev–Trinajstić information content (AvgIpc) is 2.30. The lowest BCUT2D eigenvalue weighted by atomic mass is 10.1. The number of carboxylic acids is 1. The number of rotatable bonds is 3. The third-order valence-corrected chi connectivity index (χ3v) is 2.86. The minimum absolute atomic E-state index is 0.102. The molecule has 18 heavy (non-hydrogen) atoms. The molecule has 0 radical (unpaired) electrons. The number of nitrogens with zero attached hydrogens (tertiary/aromatic N) is 1. The van der Waals surface area contributed by atoms with Crippen molar-refractivity contribution >= 4 is 17.6 Å². The van der Waals surface area contributed by atoms with E-state index in [4.69, 9.17) is 4.74 Å².